The molecule has 0 unspecified atom stereocenters. The summed E-state index contributed by atoms with van der Waals surface area (Å²) >= 11 is 2.42. The molecule has 1 aromatic carbocycles. The fraction of sp³-hybridized carbons (Fsp3) is 0.133. The predicted molar refractivity (Wildman–Crippen MR) is 94.9 cm³/mol. The highest BCUT2D eigenvalue weighted by atomic mass is 32.2. The van der Waals surface area contributed by atoms with Crippen molar-refractivity contribution in [3.05, 3.63) is 47.9 Å². The van der Waals surface area contributed by atoms with Gasteiger partial charge in [0.25, 0.3) is 5.91 Å². The zero-order chi connectivity index (χ0) is 17.6. The summed E-state index contributed by atoms with van der Waals surface area (Å²) in [4.78, 5) is 23.8. The summed E-state index contributed by atoms with van der Waals surface area (Å²) in [6.07, 6.45) is 0. The van der Waals surface area contributed by atoms with E-state index in [9.17, 15) is 9.59 Å². The van der Waals surface area contributed by atoms with Gasteiger partial charge in [-0.2, -0.15) is 0 Å². The first-order chi connectivity index (χ1) is 12.1. The Morgan fingerprint density at radius 2 is 2.00 bits per heavy atom. The van der Waals surface area contributed by atoms with Crippen LogP contribution >= 0.6 is 23.1 Å². The van der Waals surface area contributed by atoms with Crippen molar-refractivity contribution in [3.63, 3.8) is 0 Å². The first kappa shape index (κ1) is 17.1. The molecule has 0 spiro atoms. The Balaban J connectivity index is 1.50. The second kappa shape index (κ2) is 7.90. The van der Waals surface area contributed by atoms with Crippen molar-refractivity contribution in [2.75, 3.05) is 16.4 Å². The average molecular weight is 375 g/mol. The van der Waals surface area contributed by atoms with E-state index in [0.717, 1.165) is 5.69 Å². The Kier molecular flexibility index (Phi) is 5.41. The maximum Gasteiger partial charge on any atom is 0.279 e. The lowest BCUT2D eigenvalue weighted by Gasteiger charge is -2.02. The van der Waals surface area contributed by atoms with Gasteiger partial charge in [-0.3, -0.25) is 14.9 Å². The van der Waals surface area contributed by atoms with E-state index in [4.69, 9.17) is 4.52 Å². The van der Waals surface area contributed by atoms with Gasteiger partial charge in [0.2, 0.25) is 11.0 Å². The van der Waals surface area contributed by atoms with E-state index in [1.54, 1.807) is 6.92 Å². The second-order valence-electron chi connectivity index (χ2n) is 4.85. The van der Waals surface area contributed by atoms with Gasteiger partial charge >= 0.3 is 0 Å². The lowest BCUT2D eigenvalue weighted by atomic mass is 10.3. The molecule has 0 aliphatic carbocycles. The topological polar surface area (TPSA) is 110 Å². The van der Waals surface area contributed by atoms with E-state index in [1.165, 1.54) is 29.2 Å². The van der Waals surface area contributed by atoms with E-state index in [0.29, 0.717) is 15.2 Å². The van der Waals surface area contributed by atoms with E-state index >= 15 is 0 Å². The fourth-order valence-electron chi connectivity index (χ4n) is 1.80. The molecule has 0 fully saturated rings. The van der Waals surface area contributed by atoms with Crippen LogP contribution < -0.4 is 10.6 Å². The molecule has 8 nitrogen and oxygen atoms in total. The number of hydrogen-bond acceptors (Lipinski definition) is 8. The van der Waals surface area contributed by atoms with Crippen LogP contribution in [0.2, 0.25) is 0 Å². The smallest absolute Gasteiger partial charge is 0.279 e. The monoisotopic (exact) mass is 375 g/mol. The molecule has 2 N–H and O–H groups in total. The fourth-order valence-corrected chi connectivity index (χ4v) is 3.35. The quantitative estimate of drug-likeness (QED) is 0.503. The number of nitrogens with one attached hydrogen (secondary N) is 2. The maximum atomic E-state index is 11.9. The minimum atomic E-state index is -0.425. The number of hydrogen-bond donors (Lipinski definition) is 2. The van der Waals surface area contributed by atoms with Crippen molar-refractivity contribution in [2.24, 2.45) is 0 Å². The first-order valence-corrected chi connectivity index (χ1v) is 8.96. The molecule has 3 rings (SSSR count). The predicted octanol–water partition coefficient (Wildman–Crippen LogP) is 2.82. The summed E-state index contributed by atoms with van der Waals surface area (Å²) in [5, 5.41) is 17.1. The van der Waals surface area contributed by atoms with Gasteiger partial charge in [-0.15, -0.1) is 10.2 Å². The molecule has 128 valence electrons. The third-order valence-corrected chi connectivity index (χ3v) is 4.84. The highest BCUT2D eigenvalue weighted by Crippen LogP contribution is 2.25. The minimum Gasteiger partial charge on any atom is -0.361 e. The lowest BCUT2D eigenvalue weighted by molar-refractivity contribution is -0.113. The molecule has 0 saturated heterocycles. The number of nitrogens with zero attached hydrogens (tertiary/aromatic N) is 3. The van der Waals surface area contributed by atoms with Crippen LogP contribution in [-0.4, -0.2) is 32.9 Å². The molecule has 0 atom stereocenters. The Bertz CT molecular complexity index is 878. The van der Waals surface area contributed by atoms with Gasteiger partial charge in [0, 0.05) is 11.8 Å². The Hall–Kier alpha value is -2.72. The molecule has 25 heavy (non-hydrogen) atoms. The number of aryl methyl sites for hydroxylation is 1. The van der Waals surface area contributed by atoms with Crippen LogP contribution in [-0.2, 0) is 4.79 Å². The third-order valence-electron chi connectivity index (χ3n) is 2.87. The number of carbonyl (C=O) groups is 2. The van der Waals surface area contributed by atoms with Gasteiger partial charge in [-0.05, 0) is 19.1 Å². The van der Waals surface area contributed by atoms with Gasteiger partial charge < -0.3 is 9.84 Å². The van der Waals surface area contributed by atoms with E-state index in [1.807, 2.05) is 30.3 Å². The molecule has 2 amide bonds. The maximum absolute atomic E-state index is 11.9. The van der Waals surface area contributed by atoms with E-state index in [2.05, 4.69) is 26.0 Å². The molecule has 0 aliphatic heterocycles. The molecule has 0 saturated carbocycles. The molecule has 3 aromatic rings. The Labute approximate surface area is 151 Å². The molecule has 0 radical (unpaired) electrons. The number of aromatic nitrogens is 3. The molecule has 0 bridgehead atoms. The minimum absolute atomic E-state index is 0.143. The van der Waals surface area contributed by atoms with Crippen molar-refractivity contribution in [1.29, 1.82) is 0 Å². The zero-order valence-electron chi connectivity index (χ0n) is 13.1. The van der Waals surface area contributed by atoms with Crippen molar-refractivity contribution in [1.82, 2.24) is 15.4 Å². The molecule has 0 aliphatic rings. The SMILES string of the molecule is Cc1cc(C(=O)Nc2nnc(SCC(=O)Nc3ccccc3)s2)no1. The molecular weight excluding hydrogens is 362 g/mol. The van der Waals surface area contributed by atoms with Crippen LogP contribution in [0.4, 0.5) is 10.8 Å². The summed E-state index contributed by atoms with van der Waals surface area (Å²) in [6.45, 7) is 1.70. The van der Waals surface area contributed by atoms with Crippen molar-refractivity contribution >= 4 is 45.7 Å². The Morgan fingerprint density at radius 1 is 1.20 bits per heavy atom. The van der Waals surface area contributed by atoms with E-state index < -0.39 is 5.91 Å². The van der Waals surface area contributed by atoms with Gasteiger partial charge in [0.1, 0.15) is 5.76 Å². The second-order valence-corrected chi connectivity index (χ2v) is 7.05. The molecule has 2 aromatic heterocycles. The third kappa shape index (κ3) is 4.88. The number of carbonyl (C=O) groups excluding carboxylic acids is 2. The van der Waals surface area contributed by atoms with Crippen LogP contribution in [0.1, 0.15) is 16.2 Å². The highest BCUT2D eigenvalue weighted by molar-refractivity contribution is 8.01. The van der Waals surface area contributed by atoms with E-state index in [-0.39, 0.29) is 17.4 Å². The molecular formula is C15H13N5O3S2. The van der Waals surface area contributed by atoms with Crippen LogP contribution in [0, 0.1) is 6.92 Å². The number of benzene rings is 1. The summed E-state index contributed by atoms with van der Waals surface area (Å²) < 4.78 is 5.43. The average Bonchev–Trinajstić information content (AvgIpc) is 3.23. The van der Waals surface area contributed by atoms with Crippen LogP contribution in [0.25, 0.3) is 0 Å². The normalized spacial score (nSPS) is 10.4. The number of thioether (sulfide) groups is 1. The number of rotatable bonds is 6. The summed E-state index contributed by atoms with van der Waals surface area (Å²) in [6, 6.07) is 10.7. The van der Waals surface area contributed by atoms with Crippen LogP contribution in [0.15, 0.2) is 45.3 Å². The summed E-state index contributed by atoms with van der Waals surface area (Å²) in [5.74, 6) is 0.171. The van der Waals surface area contributed by atoms with Gasteiger partial charge in [-0.1, -0.05) is 46.5 Å². The summed E-state index contributed by atoms with van der Waals surface area (Å²) in [5.41, 5.74) is 0.908. The Morgan fingerprint density at radius 3 is 2.72 bits per heavy atom. The highest BCUT2D eigenvalue weighted by Gasteiger charge is 2.14. The van der Waals surface area contributed by atoms with Gasteiger partial charge in [-0.25, -0.2) is 0 Å². The standard InChI is InChI=1S/C15H13N5O3S2/c1-9-7-11(20-23-9)13(22)17-14-18-19-15(25-14)24-8-12(21)16-10-5-3-2-4-6-10/h2-7H,8H2,1H3,(H,16,21)(H,17,18,22). The van der Waals surface area contributed by atoms with Gasteiger partial charge in [0.05, 0.1) is 5.75 Å². The number of anilines is 2. The largest absolute Gasteiger partial charge is 0.361 e. The number of para-hydroxylation sites is 1. The van der Waals surface area contributed by atoms with Crippen molar-refractivity contribution in [2.45, 2.75) is 11.3 Å². The number of amides is 2. The van der Waals surface area contributed by atoms with Crippen LogP contribution in [0.5, 0.6) is 0 Å². The molecule has 2 heterocycles. The zero-order valence-corrected chi connectivity index (χ0v) is 14.7. The van der Waals surface area contributed by atoms with Crippen LogP contribution in [0.3, 0.4) is 0 Å². The van der Waals surface area contributed by atoms with Crippen molar-refractivity contribution < 1.29 is 14.1 Å². The van der Waals surface area contributed by atoms with Crippen molar-refractivity contribution in [3.8, 4) is 0 Å². The first-order valence-electron chi connectivity index (χ1n) is 7.16. The molecule has 10 heteroatoms. The lowest BCUT2D eigenvalue weighted by Crippen LogP contribution is -2.13. The summed E-state index contributed by atoms with van der Waals surface area (Å²) in [7, 11) is 0. The van der Waals surface area contributed by atoms with Gasteiger partial charge in [0.15, 0.2) is 10.0 Å².